The summed E-state index contributed by atoms with van der Waals surface area (Å²) in [7, 11) is 0. The Morgan fingerprint density at radius 3 is 2.27 bits per heavy atom. The Morgan fingerprint density at radius 1 is 1.20 bits per heavy atom. The molecule has 0 saturated heterocycles. The lowest BCUT2D eigenvalue weighted by atomic mass is 10.0. The quantitative estimate of drug-likeness (QED) is 0.392. The van der Waals surface area contributed by atoms with Gasteiger partial charge in [-0.3, -0.25) is 9.59 Å². The predicted molar refractivity (Wildman–Crippen MR) is 62.5 cm³/mol. The van der Waals surface area contributed by atoms with Gasteiger partial charge in [-0.2, -0.15) is 0 Å². The second-order valence-electron chi connectivity index (χ2n) is 3.22. The average molecular weight is 204 g/mol. The van der Waals surface area contributed by atoms with Crippen molar-refractivity contribution in [2.24, 2.45) is 0 Å². The van der Waals surface area contributed by atoms with Gasteiger partial charge in [0.25, 0.3) is 0 Å². The summed E-state index contributed by atoms with van der Waals surface area (Å²) in [5.74, 6) is -0.108. The zero-order valence-corrected chi connectivity index (χ0v) is 9.41. The molecule has 0 bridgehead atoms. The highest BCUT2D eigenvalue weighted by molar-refractivity contribution is 6.06. The molecule has 0 heterocycles. The van der Waals surface area contributed by atoms with E-state index in [1.165, 1.54) is 6.08 Å². The van der Waals surface area contributed by atoms with Crippen LogP contribution in [0.4, 0.5) is 0 Å². The summed E-state index contributed by atoms with van der Waals surface area (Å²) in [6.07, 6.45) is 7.29. The van der Waals surface area contributed by atoms with Crippen molar-refractivity contribution < 1.29 is 9.59 Å². The number of rotatable bonds is 5. The maximum absolute atomic E-state index is 11.4. The van der Waals surface area contributed by atoms with Crippen molar-refractivity contribution in [2.45, 2.75) is 20.8 Å². The van der Waals surface area contributed by atoms with Gasteiger partial charge in [-0.25, -0.2) is 0 Å². The average Bonchev–Trinajstić information content (AvgIpc) is 2.24. The maximum Gasteiger partial charge on any atom is 0.185 e. The fraction of sp³-hybridized carbons (Fsp3) is 0.231. The summed E-state index contributed by atoms with van der Waals surface area (Å²) in [5, 5.41) is 0. The molecular weight excluding hydrogens is 188 g/mol. The van der Waals surface area contributed by atoms with Crippen molar-refractivity contribution >= 4 is 12.1 Å². The van der Waals surface area contributed by atoms with Crippen LogP contribution >= 0.6 is 0 Å². The van der Waals surface area contributed by atoms with Crippen LogP contribution in [0.5, 0.6) is 0 Å². The van der Waals surface area contributed by atoms with Crippen LogP contribution in [-0.2, 0) is 9.59 Å². The molecule has 0 atom stereocenters. The largest absolute Gasteiger partial charge is 0.298 e. The molecule has 0 aromatic rings. The van der Waals surface area contributed by atoms with Gasteiger partial charge in [0, 0.05) is 5.57 Å². The van der Waals surface area contributed by atoms with Crippen molar-refractivity contribution in [3.05, 3.63) is 47.6 Å². The molecule has 0 rings (SSSR count). The van der Waals surface area contributed by atoms with Crippen LogP contribution in [-0.4, -0.2) is 12.1 Å². The van der Waals surface area contributed by atoms with Crippen molar-refractivity contribution in [1.82, 2.24) is 0 Å². The van der Waals surface area contributed by atoms with Crippen LogP contribution in [0.15, 0.2) is 47.6 Å². The molecule has 2 nitrogen and oxygen atoms in total. The minimum Gasteiger partial charge on any atom is -0.298 e. The lowest BCUT2D eigenvalue weighted by molar-refractivity contribution is -0.111. The van der Waals surface area contributed by atoms with E-state index in [1.807, 2.05) is 0 Å². The molecule has 2 heteroatoms. The molecule has 0 aliphatic rings. The van der Waals surface area contributed by atoms with Crippen LogP contribution in [0.3, 0.4) is 0 Å². The summed E-state index contributed by atoms with van der Waals surface area (Å²) >= 11 is 0. The molecular formula is C13H16O2. The summed E-state index contributed by atoms with van der Waals surface area (Å²) < 4.78 is 0. The fourth-order valence-corrected chi connectivity index (χ4v) is 0.843. The normalized spacial score (nSPS) is 13.0. The van der Waals surface area contributed by atoms with E-state index in [9.17, 15) is 9.59 Å². The highest BCUT2D eigenvalue weighted by atomic mass is 16.1. The first-order chi connectivity index (χ1) is 7.02. The standard InChI is InChI=1S/C13H16O2/c1-5-6-13(15)12(4)11(3)8-7-10(2)9-14/h5-9H,4H2,1-3H3/b6-5+,10-7+,11-8-. The van der Waals surface area contributed by atoms with Gasteiger partial charge in [0.1, 0.15) is 6.29 Å². The zero-order chi connectivity index (χ0) is 11.8. The Morgan fingerprint density at radius 2 is 1.80 bits per heavy atom. The Balaban J connectivity index is 4.72. The van der Waals surface area contributed by atoms with Gasteiger partial charge in [0.15, 0.2) is 5.78 Å². The molecule has 0 N–H and O–H groups in total. The van der Waals surface area contributed by atoms with E-state index in [2.05, 4.69) is 6.58 Å². The lowest BCUT2D eigenvalue weighted by Gasteiger charge is -1.99. The van der Waals surface area contributed by atoms with E-state index in [-0.39, 0.29) is 5.78 Å². The van der Waals surface area contributed by atoms with Crippen LogP contribution in [0.1, 0.15) is 20.8 Å². The molecule has 80 valence electrons. The molecule has 0 amide bonds. The molecule has 0 aromatic carbocycles. The van der Waals surface area contributed by atoms with Gasteiger partial charge in [0.05, 0.1) is 0 Å². The predicted octanol–water partition coefficient (Wildman–Crippen LogP) is 2.78. The van der Waals surface area contributed by atoms with Gasteiger partial charge in [-0.15, -0.1) is 0 Å². The molecule has 0 aromatic heterocycles. The molecule has 15 heavy (non-hydrogen) atoms. The van der Waals surface area contributed by atoms with E-state index in [1.54, 1.807) is 39.0 Å². The maximum atomic E-state index is 11.4. The van der Waals surface area contributed by atoms with Crippen molar-refractivity contribution in [3.63, 3.8) is 0 Å². The molecule has 0 saturated carbocycles. The SMILES string of the molecule is C=C(C(=O)/C=C/C)/C(C)=C\C=C(/C)C=O. The number of ketones is 1. The molecule has 0 aliphatic carbocycles. The van der Waals surface area contributed by atoms with E-state index in [0.29, 0.717) is 11.1 Å². The number of aldehydes is 1. The van der Waals surface area contributed by atoms with Crippen molar-refractivity contribution in [2.75, 3.05) is 0 Å². The monoisotopic (exact) mass is 204 g/mol. The van der Waals surface area contributed by atoms with Crippen molar-refractivity contribution in [3.8, 4) is 0 Å². The molecule has 0 aliphatic heterocycles. The van der Waals surface area contributed by atoms with Crippen LogP contribution < -0.4 is 0 Å². The Bertz CT molecular complexity index is 355. The highest BCUT2D eigenvalue weighted by Crippen LogP contribution is 2.09. The molecule has 0 unspecified atom stereocenters. The minimum atomic E-state index is -0.108. The third-order valence-electron chi connectivity index (χ3n) is 1.87. The molecule has 0 fully saturated rings. The van der Waals surface area contributed by atoms with Crippen LogP contribution in [0.25, 0.3) is 0 Å². The van der Waals surface area contributed by atoms with E-state index >= 15 is 0 Å². The number of allylic oxidation sites excluding steroid dienone is 7. The van der Waals surface area contributed by atoms with Crippen LogP contribution in [0, 0.1) is 0 Å². The number of hydrogen-bond acceptors (Lipinski definition) is 2. The Labute approximate surface area is 90.7 Å². The van der Waals surface area contributed by atoms with Gasteiger partial charge < -0.3 is 0 Å². The first-order valence-corrected chi connectivity index (χ1v) is 4.69. The topological polar surface area (TPSA) is 34.1 Å². The molecule has 0 spiro atoms. The van der Waals surface area contributed by atoms with E-state index < -0.39 is 0 Å². The number of carbonyl (C=O) groups is 2. The van der Waals surface area contributed by atoms with Gasteiger partial charge in [0.2, 0.25) is 0 Å². The lowest BCUT2D eigenvalue weighted by Crippen LogP contribution is -1.97. The van der Waals surface area contributed by atoms with Crippen LogP contribution in [0.2, 0.25) is 0 Å². The Hall–Kier alpha value is -1.70. The molecule has 0 radical (unpaired) electrons. The second-order valence-corrected chi connectivity index (χ2v) is 3.22. The first kappa shape index (κ1) is 13.3. The third kappa shape index (κ3) is 4.91. The van der Waals surface area contributed by atoms with Gasteiger partial charge >= 0.3 is 0 Å². The van der Waals surface area contributed by atoms with Gasteiger partial charge in [-0.05, 0) is 38.0 Å². The smallest absolute Gasteiger partial charge is 0.185 e. The van der Waals surface area contributed by atoms with E-state index in [0.717, 1.165) is 11.9 Å². The van der Waals surface area contributed by atoms with Gasteiger partial charge in [-0.1, -0.05) is 24.8 Å². The minimum absolute atomic E-state index is 0.108. The first-order valence-electron chi connectivity index (χ1n) is 4.69. The fourth-order valence-electron chi connectivity index (χ4n) is 0.843. The summed E-state index contributed by atoms with van der Waals surface area (Å²) in [5.41, 5.74) is 1.82. The number of hydrogen-bond donors (Lipinski definition) is 0. The van der Waals surface area contributed by atoms with Crippen molar-refractivity contribution in [1.29, 1.82) is 0 Å². The second kappa shape index (κ2) is 6.71. The Kier molecular flexibility index (Phi) is 5.95. The highest BCUT2D eigenvalue weighted by Gasteiger charge is 2.03. The van der Waals surface area contributed by atoms with E-state index in [4.69, 9.17) is 0 Å². The summed E-state index contributed by atoms with van der Waals surface area (Å²) in [4.78, 5) is 21.7. The number of carbonyl (C=O) groups excluding carboxylic acids is 2. The zero-order valence-electron chi connectivity index (χ0n) is 9.41. The third-order valence-corrected chi connectivity index (χ3v) is 1.87. The summed E-state index contributed by atoms with van der Waals surface area (Å²) in [6, 6.07) is 0. The summed E-state index contributed by atoms with van der Waals surface area (Å²) in [6.45, 7) is 8.96.